The number of carboxylic acid groups (broad SMARTS) is 1. The molecular formula is C13H18N2O5. The predicted molar refractivity (Wildman–Crippen MR) is 71.5 cm³/mol. The summed E-state index contributed by atoms with van der Waals surface area (Å²) in [7, 11) is 1.55. The number of aliphatic hydroxyl groups excluding tert-OH is 1. The fraction of sp³-hybridized carbons (Fsp3) is 0.385. The van der Waals surface area contributed by atoms with Crippen molar-refractivity contribution in [2.24, 2.45) is 0 Å². The molecule has 0 heterocycles. The number of amides is 2. The molecule has 0 saturated carbocycles. The molecule has 0 unspecified atom stereocenters. The summed E-state index contributed by atoms with van der Waals surface area (Å²) in [6, 6.07) is 6.84. The third-order valence-electron chi connectivity index (χ3n) is 2.62. The van der Waals surface area contributed by atoms with E-state index in [4.69, 9.17) is 14.9 Å². The predicted octanol–water partition coefficient (Wildman–Crippen LogP) is 0.330. The van der Waals surface area contributed by atoms with Crippen LogP contribution in [0.4, 0.5) is 4.79 Å². The Morgan fingerprint density at radius 2 is 2.00 bits per heavy atom. The molecule has 0 aliphatic carbocycles. The number of nitrogens with one attached hydrogen (secondary N) is 2. The number of para-hydroxylation sites is 1. The van der Waals surface area contributed by atoms with E-state index >= 15 is 0 Å². The second kappa shape index (κ2) is 8.00. The zero-order valence-electron chi connectivity index (χ0n) is 11.1. The van der Waals surface area contributed by atoms with E-state index in [2.05, 4.69) is 10.6 Å². The van der Waals surface area contributed by atoms with Gasteiger partial charge in [-0.1, -0.05) is 18.2 Å². The van der Waals surface area contributed by atoms with Gasteiger partial charge in [0.15, 0.2) is 6.10 Å². The fourth-order valence-corrected chi connectivity index (χ4v) is 1.53. The third-order valence-corrected chi connectivity index (χ3v) is 2.62. The molecule has 0 bridgehead atoms. The minimum atomic E-state index is -1.47. The molecule has 1 atom stereocenters. The minimum absolute atomic E-state index is 0.0442. The maximum atomic E-state index is 11.5. The van der Waals surface area contributed by atoms with Gasteiger partial charge < -0.3 is 25.6 Å². The molecule has 1 aromatic rings. The van der Waals surface area contributed by atoms with Crippen molar-refractivity contribution < 1.29 is 24.5 Å². The molecule has 2 amide bonds. The van der Waals surface area contributed by atoms with Crippen molar-refractivity contribution in [3.05, 3.63) is 29.8 Å². The molecule has 0 aromatic heterocycles. The van der Waals surface area contributed by atoms with E-state index in [1.165, 1.54) is 0 Å². The molecule has 7 heteroatoms. The van der Waals surface area contributed by atoms with Crippen molar-refractivity contribution >= 4 is 12.0 Å². The van der Waals surface area contributed by atoms with Crippen LogP contribution in [0.5, 0.6) is 5.75 Å². The van der Waals surface area contributed by atoms with Crippen molar-refractivity contribution in [2.75, 3.05) is 13.7 Å². The van der Waals surface area contributed by atoms with Crippen LogP contribution in [0.1, 0.15) is 12.0 Å². The van der Waals surface area contributed by atoms with E-state index in [0.717, 1.165) is 5.56 Å². The van der Waals surface area contributed by atoms with Gasteiger partial charge in [-0.3, -0.25) is 0 Å². The third kappa shape index (κ3) is 5.15. The second-order valence-corrected chi connectivity index (χ2v) is 4.06. The molecule has 0 aliphatic rings. The maximum Gasteiger partial charge on any atom is 0.332 e. The SMILES string of the molecule is COc1ccccc1CNC(=O)NCC[C@H](O)C(=O)O. The normalized spacial score (nSPS) is 11.5. The van der Waals surface area contributed by atoms with E-state index in [9.17, 15) is 9.59 Å². The molecule has 0 radical (unpaired) electrons. The van der Waals surface area contributed by atoms with Crippen molar-refractivity contribution in [1.82, 2.24) is 10.6 Å². The lowest BCUT2D eigenvalue weighted by molar-refractivity contribution is -0.146. The molecule has 1 aromatic carbocycles. The molecule has 0 saturated heterocycles. The monoisotopic (exact) mass is 282 g/mol. The van der Waals surface area contributed by atoms with Gasteiger partial charge in [-0.05, 0) is 6.07 Å². The zero-order valence-corrected chi connectivity index (χ0v) is 11.1. The highest BCUT2D eigenvalue weighted by atomic mass is 16.5. The molecule has 1 rings (SSSR count). The lowest BCUT2D eigenvalue weighted by atomic mass is 10.2. The molecule has 0 spiro atoms. The topological polar surface area (TPSA) is 108 Å². The summed E-state index contributed by atoms with van der Waals surface area (Å²) >= 11 is 0. The number of carboxylic acids is 1. The summed E-state index contributed by atoms with van der Waals surface area (Å²) in [5.74, 6) is -0.629. The van der Waals surface area contributed by atoms with Gasteiger partial charge in [0.05, 0.1) is 7.11 Å². The first kappa shape index (κ1) is 15.8. The van der Waals surface area contributed by atoms with Gasteiger partial charge >= 0.3 is 12.0 Å². The maximum absolute atomic E-state index is 11.5. The van der Waals surface area contributed by atoms with Crippen LogP contribution in [0.25, 0.3) is 0 Å². The summed E-state index contributed by atoms with van der Waals surface area (Å²) < 4.78 is 5.15. The lowest BCUT2D eigenvalue weighted by Crippen LogP contribution is -2.37. The average Bonchev–Trinajstić information content (AvgIpc) is 2.45. The Hall–Kier alpha value is -2.28. The number of benzene rings is 1. The van der Waals surface area contributed by atoms with E-state index < -0.39 is 18.1 Å². The van der Waals surface area contributed by atoms with Crippen LogP contribution in [0.2, 0.25) is 0 Å². The van der Waals surface area contributed by atoms with Crippen molar-refractivity contribution in [2.45, 2.75) is 19.1 Å². The largest absolute Gasteiger partial charge is 0.496 e. The van der Waals surface area contributed by atoms with E-state index in [1.54, 1.807) is 13.2 Å². The van der Waals surface area contributed by atoms with Gasteiger partial charge in [0.2, 0.25) is 0 Å². The number of hydrogen-bond donors (Lipinski definition) is 4. The van der Waals surface area contributed by atoms with Crippen molar-refractivity contribution in [3.63, 3.8) is 0 Å². The molecule has 0 fully saturated rings. The highest BCUT2D eigenvalue weighted by Crippen LogP contribution is 2.16. The van der Waals surface area contributed by atoms with Crippen LogP contribution in [0, 0.1) is 0 Å². The van der Waals surface area contributed by atoms with Gasteiger partial charge in [0.1, 0.15) is 5.75 Å². The number of carbonyl (C=O) groups excluding carboxylic acids is 1. The highest BCUT2D eigenvalue weighted by Gasteiger charge is 2.12. The van der Waals surface area contributed by atoms with Crippen LogP contribution in [-0.4, -0.2) is 42.0 Å². The zero-order chi connectivity index (χ0) is 15.0. The van der Waals surface area contributed by atoms with Crippen LogP contribution in [0.3, 0.4) is 0 Å². The smallest absolute Gasteiger partial charge is 0.332 e. The van der Waals surface area contributed by atoms with Gasteiger partial charge in [-0.2, -0.15) is 0 Å². The van der Waals surface area contributed by atoms with Gasteiger partial charge in [-0.25, -0.2) is 9.59 Å². The number of methoxy groups -OCH3 is 1. The van der Waals surface area contributed by atoms with Gasteiger partial charge in [0.25, 0.3) is 0 Å². The number of rotatable bonds is 7. The lowest BCUT2D eigenvalue weighted by Gasteiger charge is -2.11. The van der Waals surface area contributed by atoms with E-state index in [1.807, 2.05) is 18.2 Å². The van der Waals surface area contributed by atoms with Gasteiger partial charge in [-0.15, -0.1) is 0 Å². The molecular weight excluding hydrogens is 264 g/mol. The van der Waals surface area contributed by atoms with E-state index in [-0.39, 0.29) is 19.5 Å². The Kier molecular flexibility index (Phi) is 6.31. The van der Waals surface area contributed by atoms with Crippen LogP contribution in [-0.2, 0) is 11.3 Å². The Morgan fingerprint density at radius 3 is 2.65 bits per heavy atom. The highest BCUT2D eigenvalue weighted by molar-refractivity contribution is 5.74. The number of hydrogen-bond acceptors (Lipinski definition) is 4. The molecule has 110 valence electrons. The molecule has 7 nitrogen and oxygen atoms in total. The Morgan fingerprint density at radius 1 is 1.30 bits per heavy atom. The Bertz CT molecular complexity index is 464. The minimum Gasteiger partial charge on any atom is -0.496 e. The van der Waals surface area contributed by atoms with Gasteiger partial charge in [0, 0.05) is 25.1 Å². The average molecular weight is 282 g/mol. The van der Waals surface area contributed by atoms with Crippen LogP contribution >= 0.6 is 0 Å². The summed E-state index contributed by atoms with van der Waals surface area (Å²) in [6.07, 6.45) is -1.51. The molecule has 0 aliphatic heterocycles. The summed E-state index contributed by atoms with van der Waals surface area (Å²) in [6.45, 7) is 0.364. The number of aliphatic carboxylic acids is 1. The quantitative estimate of drug-likeness (QED) is 0.576. The summed E-state index contributed by atoms with van der Waals surface area (Å²) in [4.78, 5) is 21.8. The van der Waals surface area contributed by atoms with E-state index in [0.29, 0.717) is 5.75 Å². The second-order valence-electron chi connectivity index (χ2n) is 4.06. The molecule has 4 N–H and O–H groups in total. The summed E-state index contributed by atoms with van der Waals surface area (Å²) in [5.41, 5.74) is 0.829. The first-order valence-corrected chi connectivity index (χ1v) is 6.09. The Balaban J connectivity index is 2.31. The van der Waals surface area contributed by atoms with Crippen molar-refractivity contribution in [3.8, 4) is 5.75 Å². The summed E-state index contributed by atoms with van der Waals surface area (Å²) in [5, 5.41) is 22.6. The molecule has 20 heavy (non-hydrogen) atoms. The van der Waals surface area contributed by atoms with Crippen LogP contribution in [0.15, 0.2) is 24.3 Å². The number of ether oxygens (including phenoxy) is 1. The first-order chi connectivity index (χ1) is 9.54. The standard InChI is InChI=1S/C13H18N2O5/c1-20-11-5-3-2-4-9(11)8-15-13(19)14-7-6-10(16)12(17)18/h2-5,10,16H,6-8H2,1H3,(H,17,18)(H2,14,15,19)/t10-/m0/s1. The first-order valence-electron chi connectivity index (χ1n) is 6.09. The Labute approximate surface area is 116 Å². The number of carbonyl (C=O) groups is 2. The van der Waals surface area contributed by atoms with Crippen molar-refractivity contribution in [1.29, 1.82) is 0 Å². The number of aliphatic hydroxyl groups is 1. The van der Waals surface area contributed by atoms with Crippen LogP contribution < -0.4 is 15.4 Å². The number of urea groups is 1. The fourth-order valence-electron chi connectivity index (χ4n) is 1.53.